The molecule has 0 aromatic rings. The molecule has 0 N–H and O–H groups in total. The highest BCUT2D eigenvalue weighted by atomic mass is 16.6. The summed E-state index contributed by atoms with van der Waals surface area (Å²) in [4.78, 5) is 22.5. The Morgan fingerprint density at radius 3 is 2.85 bits per heavy atom. The largest absolute Gasteiger partial charge is 0.386 e. The van der Waals surface area contributed by atoms with Gasteiger partial charge < -0.3 is 4.74 Å². The predicted octanol–water partition coefficient (Wildman–Crippen LogP) is 1.58. The first-order chi connectivity index (χ1) is 6.24. The van der Waals surface area contributed by atoms with Gasteiger partial charge in [0.05, 0.1) is 5.57 Å². The average Bonchev–Trinajstić information content (AvgIpc) is 2.43. The highest BCUT2D eigenvalue weighted by Gasteiger charge is 2.38. The van der Waals surface area contributed by atoms with Crippen molar-refractivity contribution in [2.75, 3.05) is 0 Å². The number of rotatable bonds is 1. The Labute approximate surface area is 76.8 Å². The second-order valence-electron chi connectivity index (χ2n) is 3.57. The van der Waals surface area contributed by atoms with E-state index in [1.54, 1.807) is 0 Å². The first-order valence-corrected chi connectivity index (χ1v) is 4.73. The maximum absolute atomic E-state index is 11.3. The topological polar surface area (TPSA) is 43.4 Å². The van der Waals surface area contributed by atoms with Gasteiger partial charge >= 0.3 is 11.9 Å². The normalized spacial score (nSPS) is 27.6. The van der Waals surface area contributed by atoms with Gasteiger partial charge in [0.25, 0.3) is 0 Å². The number of carbonyl (C=O) groups is 2. The van der Waals surface area contributed by atoms with E-state index in [4.69, 9.17) is 0 Å². The Bertz CT molecular complexity index is 301. The van der Waals surface area contributed by atoms with Crippen LogP contribution >= 0.6 is 0 Å². The maximum Gasteiger partial charge on any atom is 0.342 e. The van der Waals surface area contributed by atoms with Crippen LogP contribution in [-0.4, -0.2) is 11.9 Å². The van der Waals surface area contributed by atoms with Gasteiger partial charge in [-0.05, 0) is 31.6 Å². The van der Waals surface area contributed by atoms with Gasteiger partial charge in [-0.15, -0.1) is 0 Å². The van der Waals surface area contributed by atoms with E-state index in [2.05, 4.69) is 4.74 Å². The molecule has 3 nitrogen and oxygen atoms in total. The number of esters is 2. The van der Waals surface area contributed by atoms with Crippen molar-refractivity contribution < 1.29 is 14.3 Å². The summed E-state index contributed by atoms with van der Waals surface area (Å²) >= 11 is 0. The van der Waals surface area contributed by atoms with Crippen molar-refractivity contribution in [2.24, 2.45) is 5.92 Å². The fourth-order valence-corrected chi connectivity index (χ4v) is 2.16. The number of cyclic esters (lactones) is 2. The maximum atomic E-state index is 11.3. The quantitative estimate of drug-likeness (QED) is 0.454. The van der Waals surface area contributed by atoms with Crippen molar-refractivity contribution >= 4 is 11.9 Å². The molecule has 2 aliphatic rings. The molecular weight excluding hydrogens is 168 g/mol. The van der Waals surface area contributed by atoms with E-state index in [-0.39, 0.29) is 5.92 Å². The number of carbonyl (C=O) groups excluding carboxylic acids is 2. The van der Waals surface area contributed by atoms with Crippen LogP contribution < -0.4 is 0 Å². The Kier molecular flexibility index (Phi) is 1.94. The molecule has 1 aliphatic heterocycles. The van der Waals surface area contributed by atoms with Crippen LogP contribution in [0, 0.1) is 5.92 Å². The summed E-state index contributed by atoms with van der Waals surface area (Å²) < 4.78 is 4.59. The van der Waals surface area contributed by atoms with Crippen molar-refractivity contribution in [3.8, 4) is 0 Å². The van der Waals surface area contributed by atoms with Crippen molar-refractivity contribution in [2.45, 2.75) is 32.6 Å². The monoisotopic (exact) mass is 180 g/mol. The second kappa shape index (κ2) is 2.98. The molecule has 70 valence electrons. The van der Waals surface area contributed by atoms with E-state index in [0.29, 0.717) is 11.1 Å². The molecule has 1 unspecified atom stereocenters. The molecule has 0 bridgehead atoms. The summed E-state index contributed by atoms with van der Waals surface area (Å²) in [6.45, 7) is 2.04. The average molecular weight is 180 g/mol. The molecule has 1 aliphatic carbocycles. The molecule has 0 saturated carbocycles. The zero-order valence-electron chi connectivity index (χ0n) is 7.63. The van der Waals surface area contributed by atoms with Crippen molar-refractivity contribution in [1.29, 1.82) is 0 Å². The lowest BCUT2D eigenvalue weighted by Crippen LogP contribution is -2.14. The van der Waals surface area contributed by atoms with Gasteiger partial charge in [-0.1, -0.05) is 6.92 Å². The first-order valence-electron chi connectivity index (χ1n) is 4.73. The summed E-state index contributed by atoms with van der Waals surface area (Å²) in [6.07, 6.45) is 3.65. The standard InChI is InChI=1S/C10H12O3/c1-2-6-4-3-5-7-8(6)10(12)13-9(7)11/h6H,2-5H2,1H3. The molecule has 0 saturated heterocycles. The molecular formula is C10H12O3. The molecule has 0 aromatic carbocycles. The van der Waals surface area contributed by atoms with Gasteiger partial charge in [-0.25, -0.2) is 9.59 Å². The zero-order valence-corrected chi connectivity index (χ0v) is 7.63. The Balaban J connectivity index is 2.40. The molecule has 1 heterocycles. The van der Waals surface area contributed by atoms with E-state index >= 15 is 0 Å². The third-order valence-electron chi connectivity index (χ3n) is 2.86. The minimum atomic E-state index is -0.404. The predicted molar refractivity (Wildman–Crippen MR) is 45.8 cm³/mol. The van der Waals surface area contributed by atoms with Crippen molar-refractivity contribution in [1.82, 2.24) is 0 Å². The van der Waals surface area contributed by atoms with Crippen molar-refractivity contribution in [3.05, 3.63) is 11.1 Å². The third-order valence-corrected chi connectivity index (χ3v) is 2.86. The van der Waals surface area contributed by atoms with E-state index in [0.717, 1.165) is 25.7 Å². The molecule has 0 radical (unpaired) electrons. The third kappa shape index (κ3) is 1.19. The van der Waals surface area contributed by atoms with Gasteiger partial charge in [-0.3, -0.25) is 0 Å². The van der Waals surface area contributed by atoms with Crippen LogP contribution in [0.5, 0.6) is 0 Å². The summed E-state index contributed by atoms with van der Waals surface area (Å²) in [5.74, 6) is -0.549. The molecule has 1 atom stereocenters. The van der Waals surface area contributed by atoms with Gasteiger partial charge in [0.15, 0.2) is 0 Å². The molecule has 3 heteroatoms. The Morgan fingerprint density at radius 2 is 2.15 bits per heavy atom. The minimum absolute atomic E-state index is 0.252. The Morgan fingerprint density at radius 1 is 1.38 bits per heavy atom. The van der Waals surface area contributed by atoms with E-state index < -0.39 is 11.9 Å². The fraction of sp³-hybridized carbons (Fsp3) is 0.600. The molecule has 0 aromatic heterocycles. The van der Waals surface area contributed by atoms with Crippen molar-refractivity contribution in [3.63, 3.8) is 0 Å². The summed E-state index contributed by atoms with van der Waals surface area (Å²) in [5.41, 5.74) is 1.31. The number of ether oxygens (including phenoxy) is 1. The number of hydrogen-bond acceptors (Lipinski definition) is 3. The minimum Gasteiger partial charge on any atom is -0.386 e. The lowest BCUT2D eigenvalue weighted by molar-refractivity contribution is -0.151. The molecule has 0 fully saturated rings. The highest BCUT2D eigenvalue weighted by Crippen LogP contribution is 2.36. The first kappa shape index (κ1) is 8.48. The van der Waals surface area contributed by atoms with E-state index in [9.17, 15) is 9.59 Å². The zero-order chi connectivity index (χ0) is 9.42. The molecule has 0 spiro atoms. The second-order valence-corrected chi connectivity index (χ2v) is 3.57. The van der Waals surface area contributed by atoms with Gasteiger partial charge in [-0.2, -0.15) is 0 Å². The summed E-state index contributed by atoms with van der Waals surface area (Å²) in [5, 5.41) is 0. The van der Waals surface area contributed by atoms with Crippen LogP contribution in [0.25, 0.3) is 0 Å². The van der Waals surface area contributed by atoms with Crippen LogP contribution in [0.15, 0.2) is 11.1 Å². The fourth-order valence-electron chi connectivity index (χ4n) is 2.16. The lowest BCUT2D eigenvalue weighted by Gasteiger charge is -2.19. The van der Waals surface area contributed by atoms with E-state index in [1.165, 1.54) is 0 Å². The van der Waals surface area contributed by atoms with Gasteiger partial charge in [0.1, 0.15) is 0 Å². The van der Waals surface area contributed by atoms with Gasteiger partial charge in [0.2, 0.25) is 0 Å². The molecule has 13 heavy (non-hydrogen) atoms. The smallest absolute Gasteiger partial charge is 0.342 e. The lowest BCUT2D eigenvalue weighted by atomic mass is 9.82. The summed E-state index contributed by atoms with van der Waals surface area (Å²) in [6, 6.07) is 0. The van der Waals surface area contributed by atoms with Gasteiger partial charge in [0, 0.05) is 5.57 Å². The van der Waals surface area contributed by atoms with E-state index in [1.807, 2.05) is 6.92 Å². The number of hydrogen-bond donors (Lipinski definition) is 0. The van der Waals surface area contributed by atoms with Crippen LogP contribution in [-0.2, 0) is 14.3 Å². The molecule has 0 amide bonds. The van der Waals surface area contributed by atoms with Crippen LogP contribution in [0.2, 0.25) is 0 Å². The van der Waals surface area contributed by atoms with Crippen LogP contribution in [0.3, 0.4) is 0 Å². The molecule has 2 rings (SSSR count). The summed E-state index contributed by atoms with van der Waals surface area (Å²) in [7, 11) is 0. The Hall–Kier alpha value is -1.12. The SMILES string of the molecule is CCC1CCCC2=C1C(=O)OC2=O. The van der Waals surface area contributed by atoms with Crippen LogP contribution in [0.1, 0.15) is 32.6 Å². The van der Waals surface area contributed by atoms with Crippen LogP contribution in [0.4, 0.5) is 0 Å². The highest BCUT2D eigenvalue weighted by molar-refractivity contribution is 6.12.